The number of benzene rings is 1. The first kappa shape index (κ1) is 16.7. The Balaban J connectivity index is 1.62. The van der Waals surface area contributed by atoms with E-state index in [0.29, 0.717) is 11.7 Å². The number of methoxy groups -OCH3 is 1. The number of para-hydroxylation sites is 1. The predicted molar refractivity (Wildman–Crippen MR) is 92.4 cm³/mol. The number of piperidine rings is 1. The first-order chi connectivity index (χ1) is 11.6. The Hall–Kier alpha value is -2.12. The van der Waals surface area contributed by atoms with E-state index >= 15 is 0 Å². The number of carbonyl (C=O) groups is 1. The van der Waals surface area contributed by atoms with E-state index in [2.05, 4.69) is 22.2 Å². The minimum Gasteiger partial charge on any atom is -0.494 e. The topological polar surface area (TPSA) is 68.6 Å². The number of rotatable bonds is 5. The van der Waals surface area contributed by atoms with Crippen molar-refractivity contribution in [2.24, 2.45) is 7.05 Å². The van der Waals surface area contributed by atoms with Gasteiger partial charge in [-0.1, -0.05) is 6.07 Å². The highest BCUT2D eigenvalue weighted by Crippen LogP contribution is 2.26. The molecule has 0 unspecified atom stereocenters. The number of anilines is 1. The summed E-state index contributed by atoms with van der Waals surface area (Å²) in [5, 5.41) is 2.82. The van der Waals surface area contributed by atoms with Crippen LogP contribution < -0.4 is 10.1 Å². The summed E-state index contributed by atoms with van der Waals surface area (Å²) in [5.41, 5.74) is 1.63. The minimum absolute atomic E-state index is 0.0503. The third-order valence-corrected chi connectivity index (χ3v) is 4.46. The molecule has 7 heteroatoms. The zero-order valence-corrected chi connectivity index (χ0v) is 14.4. The molecule has 1 aliphatic heterocycles. The molecule has 0 spiro atoms. The van der Waals surface area contributed by atoms with Gasteiger partial charge in [-0.15, -0.1) is 0 Å². The van der Waals surface area contributed by atoms with Crippen molar-refractivity contribution in [3.05, 3.63) is 18.2 Å². The molecule has 130 valence electrons. The second-order valence-electron chi connectivity index (χ2n) is 6.18. The number of hydrogen-bond donors (Lipinski definition) is 1. The molecule has 1 N–H and O–H groups in total. The number of likely N-dealkylation sites (tertiary alicyclic amines) is 1. The number of aromatic nitrogens is 2. The van der Waals surface area contributed by atoms with Gasteiger partial charge in [-0.3, -0.25) is 10.1 Å². The van der Waals surface area contributed by atoms with Crippen molar-refractivity contribution < 1.29 is 14.3 Å². The molecule has 2 heterocycles. The van der Waals surface area contributed by atoms with E-state index in [1.165, 1.54) is 0 Å². The normalized spacial score (nSPS) is 16.5. The number of fused-ring (bicyclic) bond motifs is 1. The molecule has 0 bridgehead atoms. The third-order valence-electron chi connectivity index (χ3n) is 4.46. The fourth-order valence-corrected chi connectivity index (χ4v) is 2.97. The van der Waals surface area contributed by atoms with Gasteiger partial charge in [0, 0.05) is 20.1 Å². The van der Waals surface area contributed by atoms with Crippen LogP contribution in [0.15, 0.2) is 18.2 Å². The van der Waals surface area contributed by atoms with Gasteiger partial charge in [0.15, 0.2) is 0 Å². The SMILES string of the molecule is COc1cccc2c1nc(NC(=O)COC1CCN(C)CC1)n2C. The lowest BCUT2D eigenvalue weighted by molar-refractivity contribution is -0.123. The Morgan fingerprint density at radius 3 is 2.79 bits per heavy atom. The maximum atomic E-state index is 12.2. The van der Waals surface area contributed by atoms with Crippen molar-refractivity contribution in [3.63, 3.8) is 0 Å². The molecule has 1 fully saturated rings. The van der Waals surface area contributed by atoms with Gasteiger partial charge < -0.3 is 18.9 Å². The van der Waals surface area contributed by atoms with Crippen LogP contribution in [-0.4, -0.2) is 60.3 Å². The van der Waals surface area contributed by atoms with Crippen molar-refractivity contribution in [2.75, 3.05) is 39.2 Å². The lowest BCUT2D eigenvalue weighted by atomic mass is 10.1. The maximum absolute atomic E-state index is 12.2. The Morgan fingerprint density at radius 2 is 2.08 bits per heavy atom. The van der Waals surface area contributed by atoms with Crippen LogP contribution >= 0.6 is 0 Å². The van der Waals surface area contributed by atoms with Crippen LogP contribution in [-0.2, 0) is 16.6 Å². The van der Waals surface area contributed by atoms with Crippen molar-refractivity contribution >= 4 is 22.9 Å². The number of carbonyl (C=O) groups excluding carboxylic acids is 1. The molecule has 0 saturated carbocycles. The van der Waals surface area contributed by atoms with E-state index in [9.17, 15) is 4.79 Å². The zero-order valence-electron chi connectivity index (χ0n) is 14.4. The fraction of sp³-hybridized carbons (Fsp3) is 0.529. The molecule has 1 aromatic heterocycles. The number of aryl methyl sites for hydroxylation is 1. The number of hydrogen-bond acceptors (Lipinski definition) is 5. The molecule has 2 aromatic rings. The maximum Gasteiger partial charge on any atom is 0.252 e. The van der Waals surface area contributed by atoms with Crippen molar-refractivity contribution in [1.82, 2.24) is 14.5 Å². The van der Waals surface area contributed by atoms with Crippen LogP contribution in [0.5, 0.6) is 5.75 Å². The molecule has 7 nitrogen and oxygen atoms in total. The zero-order chi connectivity index (χ0) is 17.1. The highest BCUT2D eigenvalue weighted by molar-refractivity contribution is 5.93. The Morgan fingerprint density at radius 1 is 1.33 bits per heavy atom. The van der Waals surface area contributed by atoms with E-state index in [-0.39, 0.29) is 18.6 Å². The molecule has 3 rings (SSSR count). The first-order valence-electron chi connectivity index (χ1n) is 8.18. The summed E-state index contributed by atoms with van der Waals surface area (Å²) in [4.78, 5) is 18.9. The number of nitrogens with one attached hydrogen (secondary N) is 1. The summed E-state index contributed by atoms with van der Waals surface area (Å²) in [6, 6.07) is 5.69. The van der Waals surface area contributed by atoms with E-state index in [1.807, 2.05) is 29.8 Å². The van der Waals surface area contributed by atoms with Gasteiger partial charge >= 0.3 is 0 Å². The monoisotopic (exact) mass is 332 g/mol. The molecular weight excluding hydrogens is 308 g/mol. The molecule has 0 radical (unpaired) electrons. The van der Waals surface area contributed by atoms with Gasteiger partial charge in [-0.25, -0.2) is 4.98 Å². The van der Waals surface area contributed by atoms with Crippen LogP contribution in [0.2, 0.25) is 0 Å². The van der Waals surface area contributed by atoms with Crippen LogP contribution in [0.25, 0.3) is 11.0 Å². The summed E-state index contributed by atoms with van der Waals surface area (Å²) < 4.78 is 12.9. The fourth-order valence-electron chi connectivity index (χ4n) is 2.97. The van der Waals surface area contributed by atoms with E-state index in [0.717, 1.165) is 37.0 Å². The third kappa shape index (κ3) is 3.52. The average molecular weight is 332 g/mol. The van der Waals surface area contributed by atoms with Gasteiger partial charge in [-0.05, 0) is 32.0 Å². The molecule has 24 heavy (non-hydrogen) atoms. The van der Waals surface area contributed by atoms with Gasteiger partial charge in [0.05, 0.1) is 18.7 Å². The number of nitrogens with zero attached hydrogens (tertiary/aromatic N) is 3. The quantitative estimate of drug-likeness (QED) is 0.901. The summed E-state index contributed by atoms with van der Waals surface area (Å²) in [7, 11) is 5.57. The largest absolute Gasteiger partial charge is 0.494 e. The summed E-state index contributed by atoms with van der Waals surface area (Å²) in [6.07, 6.45) is 2.09. The average Bonchev–Trinajstić information content (AvgIpc) is 2.90. The van der Waals surface area contributed by atoms with Crippen molar-refractivity contribution in [1.29, 1.82) is 0 Å². The Bertz CT molecular complexity index is 720. The van der Waals surface area contributed by atoms with Crippen LogP contribution in [0.3, 0.4) is 0 Å². The smallest absolute Gasteiger partial charge is 0.252 e. The van der Waals surface area contributed by atoms with Crippen LogP contribution in [0.1, 0.15) is 12.8 Å². The van der Waals surface area contributed by atoms with Crippen molar-refractivity contribution in [3.8, 4) is 5.75 Å². The highest BCUT2D eigenvalue weighted by Gasteiger charge is 2.19. The molecule has 0 atom stereocenters. The summed E-state index contributed by atoms with van der Waals surface area (Å²) in [6.45, 7) is 2.07. The Labute approximate surface area is 141 Å². The molecule has 1 amide bonds. The molecule has 1 aromatic carbocycles. The number of ether oxygens (including phenoxy) is 2. The van der Waals surface area contributed by atoms with E-state index < -0.39 is 0 Å². The number of amides is 1. The van der Waals surface area contributed by atoms with Gasteiger partial charge in [0.25, 0.3) is 5.91 Å². The van der Waals surface area contributed by atoms with Crippen molar-refractivity contribution in [2.45, 2.75) is 18.9 Å². The van der Waals surface area contributed by atoms with Gasteiger partial charge in [0.1, 0.15) is 17.9 Å². The van der Waals surface area contributed by atoms with E-state index in [1.54, 1.807) is 7.11 Å². The van der Waals surface area contributed by atoms with Crippen LogP contribution in [0, 0.1) is 0 Å². The Kier molecular flexibility index (Phi) is 5.01. The molecular formula is C17H24N4O3. The lowest BCUT2D eigenvalue weighted by Gasteiger charge is -2.28. The highest BCUT2D eigenvalue weighted by atomic mass is 16.5. The molecule has 1 aliphatic rings. The summed E-state index contributed by atoms with van der Waals surface area (Å²) >= 11 is 0. The van der Waals surface area contributed by atoms with Crippen LogP contribution in [0.4, 0.5) is 5.95 Å². The second kappa shape index (κ2) is 7.19. The predicted octanol–water partition coefficient (Wildman–Crippen LogP) is 1.63. The standard InChI is InChI=1S/C17H24N4O3/c1-20-9-7-12(8-10-20)24-11-15(22)18-17-19-16-13(21(17)2)5-4-6-14(16)23-3/h4-6,12H,7-11H2,1-3H3,(H,18,19,22). The number of imidazole rings is 1. The minimum atomic E-state index is -0.189. The summed E-state index contributed by atoms with van der Waals surface area (Å²) in [5.74, 6) is 0.990. The lowest BCUT2D eigenvalue weighted by Crippen LogP contribution is -2.35. The molecule has 0 aliphatic carbocycles. The van der Waals surface area contributed by atoms with E-state index in [4.69, 9.17) is 9.47 Å². The van der Waals surface area contributed by atoms with Gasteiger partial charge in [-0.2, -0.15) is 0 Å². The molecule has 1 saturated heterocycles. The second-order valence-corrected chi connectivity index (χ2v) is 6.18. The van der Waals surface area contributed by atoms with Gasteiger partial charge in [0.2, 0.25) is 5.95 Å². The first-order valence-corrected chi connectivity index (χ1v) is 8.18.